The van der Waals surface area contributed by atoms with Crippen molar-refractivity contribution in [3.63, 3.8) is 0 Å². The minimum absolute atomic E-state index is 0.147. The van der Waals surface area contributed by atoms with Crippen LogP contribution in [0.5, 0.6) is 0 Å². The molecule has 0 saturated carbocycles. The number of nitrogens with one attached hydrogen (secondary N) is 1. The van der Waals surface area contributed by atoms with Crippen LogP contribution in [0.25, 0.3) is 0 Å². The van der Waals surface area contributed by atoms with Crippen molar-refractivity contribution in [3.05, 3.63) is 35.4 Å². The van der Waals surface area contributed by atoms with E-state index in [9.17, 15) is 9.59 Å². The van der Waals surface area contributed by atoms with E-state index in [4.69, 9.17) is 4.74 Å². The normalized spacial score (nSPS) is 16.3. The first-order chi connectivity index (χ1) is 10.7. The third-order valence-electron chi connectivity index (χ3n) is 3.71. The molecule has 1 saturated heterocycles. The van der Waals surface area contributed by atoms with Crippen LogP contribution in [0.2, 0.25) is 0 Å². The molecule has 0 spiro atoms. The summed E-state index contributed by atoms with van der Waals surface area (Å²) in [5.41, 5.74) is 1.55. The Balaban J connectivity index is 2.14. The molecule has 23 heavy (non-hydrogen) atoms. The van der Waals surface area contributed by atoms with Gasteiger partial charge >= 0.3 is 6.09 Å². The standard InChI is InChI=1S/C18H26N2O3/c1-13-7-5-8-14(11-13)15(12-20-10-6-9-16(20)21)19-17(22)23-18(2,3)4/h5,7-8,11,15H,6,9-10,12H2,1-4H3,(H,19,22). The van der Waals surface area contributed by atoms with E-state index in [1.54, 1.807) is 0 Å². The summed E-state index contributed by atoms with van der Waals surface area (Å²) in [6.45, 7) is 8.72. The van der Waals surface area contributed by atoms with Gasteiger partial charge in [0.15, 0.2) is 0 Å². The van der Waals surface area contributed by atoms with Crippen LogP contribution >= 0.6 is 0 Å². The van der Waals surface area contributed by atoms with Crippen molar-refractivity contribution >= 4 is 12.0 Å². The lowest BCUT2D eigenvalue weighted by Gasteiger charge is -2.27. The molecule has 1 aliphatic heterocycles. The largest absolute Gasteiger partial charge is 0.444 e. The number of rotatable bonds is 4. The number of alkyl carbamates (subject to hydrolysis) is 1. The SMILES string of the molecule is Cc1cccc(C(CN2CCCC2=O)NC(=O)OC(C)(C)C)c1. The summed E-state index contributed by atoms with van der Waals surface area (Å²) in [5.74, 6) is 0.147. The third kappa shape index (κ3) is 5.27. The lowest BCUT2D eigenvalue weighted by molar-refractivity contribution is -0.128. The molecule has 1 aliphatic rings. The Morgan fingerprint density at radius 3 is 2.70 bits per heavy atom. The number of likely N-dealkylation sites (tertiary alicyclic amines) is 1. The zero-order chi connectivity index (χ0) is 17.0. The molecule has 1 aromatic rings. The number of nitrogens with zero attached hydrogens (tertiary/aromatic N) is 1. The number of aryl methyl sites for hydroxylation is 1. The molecule has 1 N–H and O–H groups in total. The van der Waals surface area contributed by atoms with Crippen molar-refractivity contribution < 1.29 is 14.3 Å². The van der Waals surface area contributed by atoms with E-state index in [-0.39, 0.29) is 11.9 Å². The van der Waals surface area contributed by atoms with Crippen LogP contribution in [-0.2, 0) is 9.53 Å². The highest BCUT2D eigenvalue weighted by atomic mass is 16.6. The molecule has 5 heteroatoms. The molecule has 0 bridgehead atoms. The molecule has 0 aliphatic carbocycles. The van der Waals surface area contributed by atoms with E-state index in [2.05, 4.69) is 5.32 Å². The van der Waals surface area contributed by atoms with Gasteiger partial charge in [0.2, 0.25) is 5.91 Å². The third-order valence-corrected chi connectivity index (χ3v) is 3.71. The molecule has 2 amide bonds. The van der Waals surface area contributed by atoms with Gasteiger partial charge in [-0.25, -0.2) is 4.79 Å². The van der Waals surface area contributed by atoms with Gasteiger partial charge in [-0.2, -0.15) is 0 Å². The second-order valence-electron chi connectivity index (χ2n) is 7.06. The second kappa shape index (κ2) is 7.02. The number of carbonyl (C=O) groups is 2. The van der Waals surface area contributed by atoms with E-state index in [0.717, 1.165) is 24.1 Å². The van der Waals surface area contributed by atoms with Gasteiger partial charge in [-0.15, -0.1) is 0 Å². The van der Waals surface area contributed by atoms with Crippen LogP contribution in [0.3, 0.4) is 0 Å². The van der Waals surface area contributed by atoms with Crippen LogP contribution in [0.15, 0.2) is 24.3 Å². The Morgan fingerprint density at radius 2 is 2.13 bits per heavy atom. The molecule has 1 heterocycles. The summed E-state index contributed by atoms with van der Waals surface area (Å²) in [6.07, 6.45) is 1.01. The lowest BCUT2D eigenvalue weighted by Crippen LogP contribution is -2.41. The van der Waals surface area contributed by atoms with E-state index in [1.807, 2.05) is 56.9 Å². The predicted molar refractivity (Wildman–Crippen MR) is 89.1 cm³/mol. The van der Waals surface area contributed by atoms with Crippen LogP contribution in [0.4, 0.5) is 4.79 Å². The molecule has 1 unspecified atom stereocenters. The van der Waals surface area contributed by atoms with Crippen molar-refractivity contribution in [2.45, 2.75) is 52.2 Å². The van der Waals surface area contributed by atoms with E-state index in [0.29, 0.717) is 13.0 Å². The minimum Gasteiger partial charge on any atom is -0.444 e. The Hall–Kier alpha value is -2.04. The van der Waals surface area contributed by atoms with Crippen molar-refractivity contribution in [2.24, 2.45) is 0 Å². The highest BCUT2D eigenvalue weighted by Gasteiger charge is 2.26. The maximum Gasteiger partial charge on any atom is 0.408 e. The zero-order valence-corrected chi connectivity index (χ0v) is 14.4. The Morgan fingerprint density at radius 1 is 1.39 bits per heavy atom. The first-order valence-electron chi connectivity index (χ1n) is 8.08. The Labute approximate surface area is 138 Å². The number of ether oxygens (including phenoxy) is 1. The van der Waals surface area contributed by atoms with Gasteiger partial charge in [0.05, 0.1) is 6.04 Å². The topological polar surface area (TPSA) is 58.6 Å². The van der Waals surface area contributed by atoms with Crippen LogP contribution in [0.1, 0.15) is 50.8 Å². The Bertz CT molecular complexity index is 578. The predicted octanol–water partition coefficient (Wildman–Crippen LogP) is 3.18. The molecule has 5 nitrogen and oxygen atoms in total. The second-order valence-corrected chi connectivity index (χ2v) is 7.06. The van der Waals surface area contributed by atoms with Crippen molar-refractivity contribution in [2.75, 3.05) is 13.1 Å². The van der Waals surface area contributed by atoms with Gasteiger partial charge in [-0.1, -0.05) is 29.8 Å². The zero-order valence-electron chi connectivity index (χ0n) is 14.4. The summed E-state index contributed by atoms with van der Waals surface area (Å²) in [7, 11) is 0. The van der Waals surface area contributed by atoms with E-state index < -0.39 is 11.7 Å². The average molecular weight is 318 g/mol. The van der Waals surface area contributed by atoms with Gasteiger partial charge in [0.1, 0.15) is 5.60 Å². The fourth-order valence-corrected chi connectivity index (χ4v) is 2.69. The van der Waals surface area contributed by atoms with Crippen molar-refractivity contribution in [1.29, 1.82) is 0 Å². The highest BCUT2D eigenvalue weighted by Crippen LogP contribution is 2.20. The summed E-state index contributed by atoms with van der Waals surface area (Å²) < 4.78 is 5.36. The van der Waals surface area contributed by atoms with Gasteiger partial charge in [0, 0.05) is 19.5 Å². The van der Waals surface area contributed by atoms with Gasteiger partial charge in [-0.3, -0.25) is 4.79 Å². The lowest BCUT2D eigenvalue weighted by atomic mass is 10.0. The summed E-state index contributed by atoms with van der Waals surface area (Å²) in [5, 5.41) is 2.91. The monoisotopic (exact) mass is 318 g/mol. The quantitative estimate of drug-likeness (QED) is 0.927. The van der Waals surface area contributed by atoms with Crippen LogP contribution in [0, 0.1) is 6.92 Å². The number of hydrogen-bond acceptors (Lipinski definition) is 3. The van der Waals surface area contributed by atoms with Crippen molar-refractivity contribution in [3.8, 4) is 0 Å². The molecule has 126 valence electrons. The van der Waals surface area contributed by atoms with E-state index >= 15 is 0 Å². The fourth-order valence-electron chi connectivity index (χ4n) is 2.69. The molecule has 0 radical (unpaired) electrons. The van der Waals surface area contributed by atoms with Gasteiger partial charge in [0.25, 0.3) is 0 Å². The number of carbonyl (C=O) groups excluding carboxylic acids is 2. The molecule has 2 rings (SSSR count). The van der Waals surface area contributed by atoms with Gasteiger partial charge in [-0.05, 0) is 39.7 Å². The summed E-state index contributed by atoms with van der Waals surface area (Å²) in [6, 6.07) is 7.69. The highest BCUT2D eigenvalue weighted by molar-refractivity contribution is 5.78. The van der Waals surface area contributed by atoms with E-state index in [1.165, 1.54) is 0 Å². The smallest absolute Gasteiger partial charge is 0.408 e. The first kappa shape index (κ1) is 17.3. The molecular formula is C18H26N2O3. The Kier molecular flexibility index (Phi) is 5.29. The molecule has 1 fully saturated rings. The number of amides is 2. The molecule has 1 atom stereocenters. The molecule has 0 aromatic heterocycles. The molecule has 1 aromatic carbocycles. The van der Waals surface area contributed by atoms with Crippen molar-refractivity contribution in [1.82, 2.24) is 10.2 Å². The summed E-state index contributed by atoms with van der Waals surface area (Å²) >= 11 is 0. The maximum absolute atomic E-state index is 12.1. The van der Waals surface area contributed by atoms with Crippen LogP contribution < -0.4 is 5.32 Å². The first-order valence-corrected chi connectivity index (χ1v) is 8.08. The van der Waals surface area contributed by atoms with Gasteiger partial charge < -0.3 is 15.0 Å². The summed E-state index contributed by atoms with van der Waals surface area (Å²) in [4.78, 5) is 25.9. The minimum atomic E-state index is -0.551. The molecular weight excluding hydrogens is 292 g/mol. The number of hydrogen-bond donors (Lipinski definition) is 1. The fraction of sp³-hybridized carbons (Fsp3) is 0.556. The average Bonchev–Trinajstić information content (AvgIpc) is 2.81. The maximum atomic E-state index is 12.1. The number of benzene rings is 1. The van der Waals surface area contributed by atoms with Crippen LogP contribution in [-0.4, -0.2) is 35.6 Å².